The normalized spacial score (nSPS) is 14.8. The number of phosphoric acid groups is 1. The van der Waals surface area contributed by atoms with Gasteiger partial charge in [-0.3, -0.25) is 13.8 Å². The van der Waals surface area contributed by atoms with Gasteiger partial charge in [0.05, 0.1) is 39.9 Å². The molecule has 0 aromatic heterocycles. The molecule has 0 aromatic carbocycles. The van der Waals surface area contributed by atoms with E-state index in [0.717, 1.165) is 44.9 Å². The van der Waals surface area contributed by atoms with E-state index < -0.39 is 20.0 Å². The smallest absolute Gasteiger partial charge is 0.391 e. The summed E-state index contributed by atoms with van der Waals surface area (Å²) in [5.41, 5.74) is 0. The number of phosphoric ester groups is 1. The molecule has 3 N–H and O–H groups in total. The topological polar surface area (TPSA) is 105 Å². The lowest BCUT2D eigenvalue weighted by atomic mass is 10.0. The van der Waals surface area contributed by atoms with Gasteiger partial charge in [-0.2, -0.15) is 0 Å². The fraction of sp³-hybridized carbons (Fsp3) is 0.919. The molecule has 1 unspecified atom stereocenters. The van der Waals surface area contributed by atoms with Crippen LogP contribution in [0.15, 0.2) is 12.2 Å². The van der Waals surface area contributed by atoms with Gasteiger partial charge in [0.1, 0.15) is 13.2 Å². The van der Waals surface area contributed by atoms with Crippen LogP contribution in [0.5, 0.6) is 0 Å². The molecular formula is C37H76N2O6P+. The molecular weight excluding hydrogens is 599 g/mol. The molecule has 0 aliphatic carbocycles. The maximum atomic E-state index is 12.8. The van der Waals surface area contributed by atoms with E-state index in [-0.39, 0.29) is 19.1 Å². The molecule has 1 amide bonds. The number of carbonyl (C=O) groups excluding carboxylic acids is 1. The van der Waals surface area contributed by atoms with E-state index in [1.165, 1.54) is 96.3 Å². The Hall–Kier alpha value is -0.760. The van der Waals surface area contributed by atoms with Crippen LogP contribution < -0.4 is 5.32 Å². The number of allylic oxidation sites excluding steroid dienone is 2. The number of nitrogens with zero attached hydrogens (tertiary/aromatic N) is 1. The van der Waals surface area contributed by atoms with Crippen molar-refractivity contribution >= 4 is 13.7 Å². The number of unbranched alkanes of at least 4 members (excludes halogenated alkanes) is 19. The number of likely N-dealkylation sites (N-methyl/N-ethyl adjacent to an activating group) is 1. The van der Waals surface area contributed by atoms with Gasteiger partial charge in [-0.1, -0.05) is 135 Å². The molecule has 3 atom stereocenters. The van der Waals surface area contributed by atoms with Crippen LogP contribution in [0.2, 0.25) is 0 Å². The van der Waals surface area contributed by atoms with Crippen LogP contribution in [0, 0.1) is 0 Å². The molecule has 0 saturated carbocycles. The van der Waals surface area contributed by atoms with E-state index in [9.17, 15) is 19.4 Å². The van der Waals surface area contributed by atoms with Crippen molar-refractivity contribution in [3.63, 3.8) is 0 Å². The summed E-state index contributed by atoms with van der Waals surface area (Å²) in [4.78, 5) is 23.0. The number of aliphatic hydroxyl groups is 1. The first kappa shape index (κ1) is 45.2. The van der Waals surface area contributed by atoms with Crippen molar-refractivity contribution in [3.8, 4) is 0 Å². The molecule has 9 heteroatoms. The first-order valence-electron chi connectivity index (χ1n) is 19.1. The quantitative estimate of drug-likeness (QED) is 0.0272. The first-order chi connectivity index (χ1) is 22.0. The second kappa shape index (κ2) is 30.3. The van der Waals surface area contributed by atoms with Gasteiger partial charge in [-0.05, 0) is 38.5 Å². The molecule has 274 valence electrons. The zero-order valence-corrected chi connectivity index (χ0v) is 31.7. The minimum atomic E-state index is -4.31. The van der Waals surface area contributed by atoms with Crippen molar-refractivity contribution in [2.24, 2.45) is 0 Å². The van der Waals surface area contributed by atoms with Crippen molar-refractivity contribution in [1.82, 2.24) is 5.32 Å². The Balaban J connectivity index is 4.51. The van der Waals surface area contributed by atoms with E-state index >= 15 is 0 Å². The molecule has 0 saturated heterocycles. The fourth-order valence-electron chi connectivity index (χ4n) is 5.39. The van der Waals surface area contributed by atoms with Gasteiger partial charge in [0, 0.05) is 6.42 Å². The van der Waals surface area contributed by atoms with E-state index in [1.807, 2.05) is 21.1 Å². The van der Waals surface area contributed by atoms with Crippen LogP contribution in [0.25, 0.3) is 0 Å². The van der Waals surface area contributed by atoms with E-state index in [4.69, 9.17) is 9.05 Å². The molecule has 0 aliphatic rings. The van der Waals surface area contributed by atoms with Gasteiger partial charge in [0.25, 0.3) is 0 Å². The van der Waals surface area contributed by atoms with Crippen LogP contribution in [-0.2, 0) is 18.4 Å². The highest BCUT2D eigenvalue weighted by Gasteiger charge is 2.28. The molecule has 0 aliphatic heterocycles. The van der Waals surface area contributed by atoms with Crippen molar-refractivity contribution in [2.45, 2.75) is 180 Å². The monoisotopic (exact) mass is 676 g/mol. The number of carbonyl (C=O) groups is 1. The standard InChI is InChI=1S/C37H75N2O6P/c1-6-8-10-12-14-16-18-20-22-24-26-28-30-36(40)35(34-45-46(42,43)44-33-32-39(3,4)5)38-37(41)31-29-27-25-23-21-19-17-15-13-11-9-7-2/h20,22,35-36,40H,6-19,21,23-34H2,1-5H3,(H-,38,41,42,43)/p+1/b22-20+/t35-,36+/m0/s1. The predicted octanol–water partition coefficient (Wildman–Crippen LogP) is 9.63. The van der Waals surface area contributed by atoms with E-state index in [2.05, 4.69) is 31.3 Å². The Bertz CT molecular complexity index is 773. The molecule has 0 fully saturated rings. The van der Waals surface area contributed by atoms with E-state index in [1.54, 1.807) is 0 Å². The van der Waals surface area contributed by atoms with Crippen LogP contribution in [0.4, 0.5) is 0 Å². The number of nitrogens with one attached hydrogen (secondary N) is 1. The zero-order chi connectivity index (χ0) is 34.4. The Kier molecular flexibility index (Phi) is 29.8. The zero-order valence-electron chi connectivity index (χ0n) is 30.8. The Labute approximate surface area is 284 Å². The number of rotatable bonds is 34. The average molecular weight is 676 g/mol. The second-order valence-electron chi connectivity index (χ2n) is 14.3. The number of hydrogen-bond acceptors (Lipinski definition) is 5. The Morgan fingerprint density at radius 2 is 1.17 bits per heavy atom. The molecule has 8 nitrogen and oxygen atoms in total. The highest BCUT2D eigenvalue weighted by atomic mass is 31.2. The minimum absolute atomic E-state index is 0.0716. The molecule has 0 rings (SSSR count). The molecule has 0 spiro atoms. The molecule has 0 radical (unpaired) electrons. The first-order valence-corrected chi connectivity index (χ1v) is 20.5. The lowest BCUT2D eigenvalue weighted by molar-refractivity contribution is -0.870. The number of hydrogen-bond donors (Lipinski definition) is 3. The molecule has 0 bridgehead atoms. The summed E-state index contributed by atoms with van der Waals surface area (Å²) in [6.45, 7) is 4.83. The Morgan fingerprint density at radius 1 is 0.717 bits per heavy atom. The maximum absolute atomic E-state index is 12.8. The van der Waals surface area contributed by atoms with Crippen LogP contribution >= 0.6 is 7.82 Å². The minimum Gasteiger partial charge on any atom is -0.391 e. The van der Waals surface area contributed by atoms with Crippen LogP contribution in [0.1, 0.15) is 168 Å². The second-order valence-corrected chi connectivity index (χ2v) is 15.8. The highest BCUT2D eigenvalue weighted by molar-refractivity contribution is 7.47. The summed E-state index contributed by atoms with van der Waals surface area (Å²) in [5.74, 6) is -0.156. The van der Waals surface area contributed by atoms with Crippen LogP contribution in [-0.4, -0.2) is 73.4 Å². The summed E-state index contributed by atoms with van der Waals surface area (Å²) < 4.78 is 23.5. The average Bonchev–Trinajstić information content (AvgIpc) is 2.99. The predicted molar refractivity (Wildman–Crippen MR) is 194 cm³/mol. The fourth-order valence-corrected chi connectivity index (χ4v) is 6.13. The third-order valence-electron chi connectivity index (χ3n) is 8.51. The largest absolute Gasteiger partial charge is 0.472 e. The number of quaternary nitrogens is 1. The third-order valence-corrected chi connectivity index (χ3v) is 9.50. The lowest BCUT2D eigenvalue weighted by Gasteiger charge is -2.26. The molecule has 46 heavy (non-hydrogen) atoms. The molecule has 0 heterocycles. The number of aliphatic hydroxyl groups excluding tert-OH is 1. The highest BCUT2D eigenvalue weighted by Crippen LogP contribution is 2.43. The van der Waals surface area contributed by atoms with Crippen molar-refractivity contribution in [3.05, 3.63) is 12.2 Å². The Morgan fingerprint density at radius 3 is 1.67 bits per heavy atom. The van der Waals surface area contributed by atoms with Crippen LogP contribution in [0.3, 0.4) is 0 Å². The van der Waals surface area contributed by atoms with Crippen molar-refractivity contribution < 1.29 is 32.9 Å². The van der Waals surface area contributed by atoms with Crippen molar-refractivity contribution in [2.75, 3.05) is 40.9 Å². The SMILES string of the molecule is CCCCCCCC/C=C/CCCC[C@@H](O)[C@H](COP(=O)(O)OCC[N+](C)(C)C)NC(=O)CCCCCCCCCCCCCC. The van der Waals surface area contributed by atoms with E-state index in [0.29, 0.717) is 23.9 Å². The number of amides is 1. The van der Waals surface area contributed by atoms with Gasteiger partial charge in [-0.25, -0.2) is 4.57 Å². The van der Waals surface area contributed by atoms with Gasteiger partial charge in [0.15, 0.2) is 0 Å². The summed E-state index contributed by atoms with van der Waals surface area (Å²) >= 11 is 0. The summed E-state index contributed by atoms with van der Waals surface area (Å²) in [7, 11) is 1.60. The van der Waals surface area contributed by atoms with Gasteiger partial charge < -0.3 is 19.8 Å². The van der Waals surface area contributed by atoms with Gasteiger partial charge >= 0.3 is 7.82 Å². The van der Waals surface area contributed by atoms with Gasteiger partial charge in [0.2, 0.25) is 5.91 Å². The summed E-state index contributed by atoms with van der Waals surface area (Å²) in [5, 5.41) is 13.8. The van der Waals surface area contributed by atoms with Gasteiger partial charge in [-0.15, -0.1) is 0 Å². The summed E-state index contributed by atoms with van der Waals surface area (Å²) in [6.07, 6.45) is 30.9. The third kappa shape index (κ3) is 31.8. The van der Waals surface area contributed by atoms with Crippen molar-refractivity contribution in [1.29, 1.82) is 0 Å². The maximum Gasteiger partial charge on any atom is 0.472 e. The summed E-state index contributed by atoms with van der Waals surface area (Å²) in [6, 6.07) is -0.768. The lowest BCUT2D eigenvalue weighted by Crippen LogP contribution is -2.46. The molecule has 0 aromatic rings.